The third-order valence-electron chi connectivity index (χ3n) is 1.16. The van der Waals surface area contributed by atoms with E-state index in [2.05, 4.69) is 31.1 Å². The van der Waals surface area contributed by atoms with Crippen molar-refractivity contribution in [1.82, 2.24) is 15.2 Å². The number of rotatable bonds is 1. The zero-order valence-electron chi connectivity index (χ0n) is 5.57. The third-order valence-corrected chi connectivity index (χ3v) is 2.71. The number of hydrogen-bond donors (Lipinski definition) is 1. The van der Waals surface area contributed by atoms with Crippen LogP contribution in [0.1, 0.15) is 0 Å². The maximum Gasteiger partial charge on any atom is 0.434 e. The molecule has 2 rings (SSSR count). The second-order valence-corrected chi connectivity index (χ2v) is 4.07. The van der Waals surface area contributed by atoms with Crippen LogP contribution in [0.3, 0.4) is 0 Å². The van der Waals surface area contributed by atoms with Crippen LogP contribution in [0.25, 0.3) is 11.6 Å². The Hall–Kier alpha value is -0.950. The molecule has 0 amide bonds. The predicted molar refractivity (Wildman–Crippen MR) is 45.9 cm³/mol. The number of nitrogens with one attached hydrogen (secondary N) is 1. The molecule has 0 saturated heterocycles. The van der Waals surface area contributed by atoms with Crippen molar-refractivity contribution in [2.75, 3.05) is 0 Å². The number of nitrogens with zero attached hydrogens (tertiary/aromatic N) is 2. The average Bonchev–Trinajstić information content (AvgIpc) is 2.58. The van der Waals surface area contributed by atoms with E-state index in [1.54, 1.807) is 5.51 Å². The summed E-state index contributed by atoms with van der Waals surface area (Å²) in [6.45, 7) is 0. The molecule has 0 spiro atoms. The summed E-state index contributed by atoms with van der Waals surface area (Å²) in [5.74, 6) is -0.377. The van der Waals surface area contributed by atoms with Gasteiger partial charge in [-0.2, -0.15) is 0 Å². The molecule has 12 heavy (non-hydrogen) atoms. The van der Waals surface area contributed by atoms with E-state index in [-0.39, 0.29) is 5.89 Å². The minimum Gasteiger partial charge on any atom is -0.386 e. The van der Waals surface area contributed by atoms with Crippen LogP contribution in [0, 0.1) is 0 Å². The summed E-state index contributed by atoms with van der Waals surface area (Å²) in [6.07, 6.45) is 0. The molecule has 0 saturated carbocycles. The molecule has 5 nitrogen and oxygen atoms in total. The number of halogens is 1. The van der Waals surface area contributed by atoms with E-state index in [1.807, 2.05) is 0 Å². The number of thiazole rings is 1. The van der Waals surface area contributed by atoms with Gasteiger partial charge in [-0.3, -0.25) is 0 Å². The molecule has 7 heteroatoms. The van der Waals surface area contributed by atoms with E-state index in [0.717, 1.165) is 3.79 Å². The van der Waals surface area contributed by atoms with Gasteiger partial charge < -0.3 is 4.42 Å². The molecule has 0 atom stereocenters. The van der Waals surface area contributed by atoms with Crippen LogP contribution < -0.4 is 5.76 Å². The van der Waals surface area contributed by atoms with Gasteiger partial charge in [-0.05, 0) is 15.9 Å². The highest BCUT2D eigenvalue weighted by atomic mass is 79.9. The summed E-state index contributed by atoms with van der Waals surface area (Å²) in [4.78, 5) is 14.5. The van der Waals surface area contributed by atoms with Crippen molar-refractivity contribution < 1.29 is 4.42 Å². The van der Waals surface area contributed by atoms with Crippen LogP contribution in [0.2, 0.25) is 0 Å². The van der Waals surface area contributed by atoms with E-state index in [9.17, 15) is 4.79 Å². The third kappa shape index (κ3) is 1.21. The summed E-state index contributed by atoms with van der Waals surface area (Å²) < 4.78 is 5.49. The molecular weight excluding hydrogens is 246 g/mol. The van der Waals surface area contributed by atoms with Crippen molar-refractivity contribution in [3.63, 3.8) is 0 Å². The van der Waals surface area contributed by atoms with Gasteiger partial charge >= 0.3 is 5.76 Å². The van der Waals surface area contributed by atoms with Crippen LogP contribution in [-0.2, 0) is 0 Å². The first kappa shape index (κ1) is 7.69. The largest absolute Gasteiger partial charge is 0.434 e. The fourth-order valence-electron chi connectivity index (χ4n) is 0.702. The quantitative estimate of drug-likeness (QED) is 0.824. The van der Waals surface area contributed by atoms with E-state index in [0.29, 0.717) is 5.69 Å². The molecule has 0 aromatic carbocycles. The lowest BCUT2D eigenvalue weighted by molar-refractivity contribution is 0.525. The molecule has 0 aliphatic heterocycles. The van der Waals surface area contributed by atoms with Gasteiger partial charge in [0.15, 0.2) is 5.69 Å². The summed E-state index contributed by atoms with van der Waals surface area (Å²) >= 11 is 4.65. The van der Waals surface area contributed by atoms with E-state index >= 15 is 0 Å². The van der Waals surface area contributed by atoms with Gasteiger partial charge in [0, 0.05) is 0 Å². The fourth-order valence-corrected chi connectivity index (χ4v) is 1.73. The number of H-pyrrole nitrogens is 1. The monoisotopic (exact) mass is 247 g/mol. The summed E-state index contributed by atoms with van der Waals surface area (Å²) in [7, 11) is 0. The fraction of sp³-hybridized carbons (Fsp3) is 0. The molecule has 0 aliphatic rings. The number of hydrogen-bond acceptors (Lipinski definition) is 5. The first-order chi connectivity index (χ1) is 5.77. The Kier molecular flexibility index (Phi) is 1.81. The van der Waals surface area contributed by atoms with Crippen LogP contribution in [0.4, 0.5) is 0 Å². The van der Waals surface area contributed by atoms with Gasteiger partial charge in [-0.25, -0.2) is 14.9 Å². The maximum absolute atomic E-state index is 10.6. The standard InChI is InChI=1S/C5H2BrN3O2S/c6-3-2(7-1-12-3)4-8-9-5(10)11-4/h1H,(H,9,10). The van der Waals surface area contributed by atoms with Gasteiger partial charge in [0.1, 0.15) is 3.79 Å². The molecule has 0 radical (unpaired) electrons. The van der Waals surface area contributed by atoms with Crippen LogP contribution >= 0.6 is 27.3 Å². The highest BCUT2D eigenvalue weighted by molar-refractivity contribution is 9.11. The summed E-state index contributed by atoms with van der Waals surface area (Å²) in [5, 5.41) is 5.78. The first-order valence-electron chi connectivity index (χ1n) is 2.92. The molecule has 2 aromatic rings. The molecule has 0 bridgehead atoms. The summed E-state index contributed by atoms with van der Waals surface area (Å²) in [5.41, 5.74) is 2.17. The Bertz CT molecular complexity index is 445. The van der Waals surface area contributed by atoms with Crippen molar-refractivity contribution in [3.8, 4) is 11.6 Å². The van der Waals surface area contributed by atoms with E-state index in [1.165, 1.54) is 11.3 Å². The maximum atomic E-state index is 10.6. The Morgan fingerprint density at radius 2 is 2.50 bits per heavy atom. The van der Waals surface area contributed by atoms with Gasteiger partial charge in [0.25, 0.3) is 5.89 Å². The first-order valence-corrected chi connectivity index (χ1v) is 4.59. The highest BCUT2D eigenvalue weighted by Crippen LogP contribution is 2.27. The number of aromatic amines is 1. The minimum atomic E-state index is -0.579. The zero-order valence-corrected chi connectivity index (χ0v) is 7.98. The summed E-state index contributed by atoms with van der Waals surface area (Å²) in [6, 6.07) is 0. The SMILES string of the molecule is O=c1[nH]nc(-c2ncsc2Br)o1. The van der Waals surface area contributed by atoms with Gasteiger partial charge in [0.2, 0.25) is 0 Å². The Morgan fingerprint density at radius 1 is 1.67 bits per heavy atom. The highest BCUT2D eigenvalue weighted by Gasteiger charge is 2.11. The van der Waals surface area contributed by atoms with Crippen molar-refractivity contribution in [2.45, 2.75) is 0 Å². The molecule has 62 valence electrons. The van der Waals surface area contributed by atoms with Crippen LogP contribution in [0.15, 0.2) is 18.5 Å². The second-order valence-electron chi connectivity index (χ2n) is 1.89. The molecule has 1 N–H and O–H groups in total. The van der Waals surface area contributed by atoms with E-state index < -0.39 is 5.76 Å². The van der Waals surface area contributed by atoms with Gasteiger partial charge in [-0.15, -0.1) is 16.4 Å². The predicted octanol–water partition coefficient (Wildman–Crippen LogP) is 1.25. The Balaban J connectivity index is 2.57. The molecule has 0 fully saturated rings. The lowest BCUT2D eigenvalue weighted by atomic mass is 10.5. The number of aromatic nitrogens is 3. The van der Waals surface area contributed by atoms with Crippen molar-refractivity contribution >= 4 is 27.3 Å². The second kappa shape index (κ2) is 2.83. The van der Waals surface area contributed by atoms with Crippen molar-refractivity contribution in [3.05, 3.63) is 19.8 Å². The molecule has 2 heterocycles. The van der Waals surface area contributed by atoms with E-state index in [4.69, 9.17) is 4.42 Å². The molecule has 0 aliphatic carbocycles. The molecule has 0 unspecified atom stereocenters. The van der Waals surface area contributed by atoms with Crippen molar-refractivity contribution in [2.24, 2.45) is 0 Å². The lowest BCUT2D eigenvalue weighted by Crippen LogP contribution is -1.93. The minimum absolute atomic E-state index is 0.202. The molecular formula is C5H2BrN3O2S. The Morgan fingerprint density at radius 3 is 3.00 bits per heavy atom. The van der Waals surface area contributed by atoms with Crippen LogP contribution in [0.5, 0.6) is 0 Å². The normalized spacial score (nSPS) is 10.4. The van der Waals surface area contributed by atoms with Crippen LogP contribution in [-0.4, -0.2) is 15.2 Å². The van der Waals surface area contributed by atoms with Crippen molar-refractivity contribution in [1.29, 1.82) is 0 Å². The van der Waals surface area contributed by atoms with Gasteiger partial charge in [-0.1, -0.05) is 0 Å². The Labute approximate surface area is 78.6 Å². The van der Waals surface area contributed by atoms with Gasteiger partial charge in [0.05, 0.1) is 5.51 Å². The zero-order chi connectivity index (χ0) is 8.55. The molecule has 2 aromatic heterocycles. The smallest absolute Gasteiger partial charge is 0.386 e. The topological polar surface area (TPSA) is 71.8 Å². The lowest BCUT2D eigenvalue weighted by Gasteiger charge is -1.84. The average molecular weight is 248 g/mol.